The summed E-state index contributed by atoms with van der Waals surface area (Å²) in [5.74, 6) is 0.719. The second-order valence-corrected chi connectivity index (χ2v) is 10.3. The predicted molar refractivity (Wildman–Crippen MR) is 134 cm³/mol. The van der Waals surface area contributed by atoms with E-state index in [9.17, 15) is 8.42 Å². The van der Waals surface area contributed by atoms with Crippen molar-refractivity contribution in [1.29, 1.82) is 0 Å². The molecule has 4 aromatic rings. The lowest BCUT2D eigenvalue weighted by Crippen LogP contribution is -2.15. The fraction of sp³-hybridized carbons (Fsp3) is 0.280. The number of methoxy groups -OCH3 is 1. The molecule has 1 aliphatic carbocycles. The van der Waals surface area contributed by atoms with Crippen LogP contribution in [0.15, 0.2) is 61.1 Å². The van der Waals surface area contributed by atoms with Crippen molar-refractivity contribution >= 4 is 32.6 Å². The van der Waals surface area contributed by atoms with Gasteiger partial charge in [0.15, 0.2) is 0 Å². The van der Waals surface area contributed by atoms with Gasteiger partial charge < -0.3 is 15.0 Å². The number of sulfonamides is 1. The quantitative estimate of drug-likeness (QED) is 0.397. The molecule has 1 fully saturated rings. The summed E-state index contributed by atoms with van der Waals surface area (Å²) in [6.07, 6.45) is 8.20. The van der Waals surface area contributed by atoms with Crippen LogP contribution in [-0.2, 0) is 15.8 Å². The summed E-state index contributed by atoms with van der Waals surface area (Å²) in [5, 5.41) is 0.800. The van der Waals surface area contributed by atoms with Crippen molar-refractivity contribution in [2.45, 2.75) is 37.5 Å². The Hall–Kier alpha value is -3.59. The van der Waals surface area contributed by atoms with Crippen LogP contribution in [-0.4, -0.2) is 30.1 Å². The summed E-state index contributed by atoms with van der Waals surface area (Å²) < 4.78 is 35.9. The Kier molecular flexibility index (Phi) is 5.87. The van der Waals surface area contributed by atoms with Crippen molar-refractivity contribution in [1.82, 2.24) is 14.5 Å². The van der Waals surface area contributed by atoms with E-state index < -0.39 is 10.0 Å². The zero-order valence-corrected chi connectivity index (χ0v) is 19.8. The van der Waals surface area contributed by atoms with Gasteiger partial charge in [-0.05, 0) is 36.1 Å². The first-order chi connectivity index (χ1) is 16.4. The number of nitrogens with two attached hydrogens (primary N) is 1. The lowest BCUT2D eigenvalue weighted by atomic mass is 10.1. The number of aromatic nitrogens is 3. The molecule has 1 saturated carbocycles. The number of ether oxygens (including phenoxy) is 1. The molecule has 0 unspecified atom stereocenters. The zero-order chi connectivity index (χ0) is 23.7. The molecule has 2 heterocycles. The van der Waals surface area contributed by atoms with Gasteiger partial charge in [0.2, 0.25) is 10.0 Å². The second kappa shape index (κ2) is 8.98. The molecule has 0 bridgehead atoms. The average molecular weight is 478 g/mol. The van der Waals surface area contributed by atoms with Gasteiger partial charge in [0, 0.05) is 17.8 Å². The maximum absolute atomic E-state index is 12.8. The Labute approximate surface area is 198 Å². The fourth-order valence-corrected chi connectivity index (χ4v) is 5.94. The van der Waals surface area contributed by atoms with Crippen LogP contribution in [0.3, 0.4) is 0 Å². The molecule has 2 aromatic carbocycles. The highest BCUT2D eigenvalue weighted by Gasteiger charge is 2.23. The SMILES string of the molecule is COc1cc(-c2cn(C3CCCC3)c3ncnc(N)c23)ccc1NS(=O)(=O)Cc1ccccc1. The molecular formula is C25H27N5O3S. The van der Waals surface area contributed by atoms with Crippen LogP contribution in [0.1, 0.15) is 37.3 Å². The van der Waals surface area contributed by atoms with E-state index in [1.807, 2.05) is 30.3 Å². The first-order valence-electron chi connectivity index (χ1n) is 11.3. The minimum atomic E-state index is -3.62. The minimum Gasteiger partial charge on any atom is -0.495 e. The summed E-state index contributed by atoms with van der Waals surface area (Å²) in [5.41, 5.74) is 9.94. The number of nitrogens with one attached hydrogen (secondary N) is 1. The molecular weight excluding hydrogens is 450 g/mol. The van der Waals surface area contributed by atoms with Crippen molar-refractivity contribution < 1.29 is 13.2 Å². The van der Waals surface area contributed by atoms with E-state index in [0.717, 1.165) is 35.0 Å². The maximum Gasteiger partial charge on any atom is 0.237 e. The van der Waals surface area contributed by atoms with Gasteiger partial charge in [-0.1, -0.05) is 49.2 Å². The number of rotatable bonds is 7. The smallest absolute Gasteiger partial charge is 0.237 e. The highest BCUT2D eigenvalue weighted by Crippen LogP contribution is 2.40. The molecule has 3 N–H and O–H groups in total. The highest BCUT2D eigenvalue weighted by atomic mass is 32.2. The van der Waals surface area contributed by atoms with E-state index in [1.165, 1.54) is 26.3 Å². The van der Waals surface area contributed by atoms with Crippen LogP contribution in [0, 0.1) is 0 Å². The molecule has 34 heavy (non-hydrogen) atoms. The van der Waals surface area contributed by atoms with Crippen molar-refractivity contribution in [3.8, 4) is 16.9 Å². The van der Waals surface area contributed by atoms with E-state index in [4.69, 9.17) is 10.5 Å². The molecule has 0 aliphatic heterocycles. The standard InChI is InChI=1S/C25H27N5O3S/c1-33-22-13-18(11-12-21(22)29-34(31,32)15-17-7-3-2-4-8-17)20-14-30(19-9-5-6-10-19)25-23(20)24(26)27-16-28-25/h2-4,7-8,11-14,16,19,29H,5-6,9-10,15H2,1H3,(H2,26,27,28). The predicted octanol–water partition coefficient (Wildman–Crippen LogP) is 4.75. The van der Waals surface area contributed by atoms with E-state index >= 15 is 0 Å². The Morgan fingerprint density at radius 3 is 2.62 bits per heavy atom. The largest absolute Gasteiger partial charge is 0.495 e. The Morgan fingerprint density at radius 1 is 1.12 bits per heavy atom. The molecule has 1 aliphatic rings. The number of anilines is 2. The van der Waals surface area contributed by atoms with Crippen molar-refractivity contribution in [2.75, 3.05) is 17.6 Å². The van der Waals surface area contributed by atoms with E-state index in [1.54, 1.807) is 18.2 Å². The van der Waals surface area contributed by atoms with Gasteiger partial charge in [-0.25, -0.2) is 18.4 Å². The number of fused-ring (bicyclic) bond motifs is 1. The van der Waals surface area contributed by atoms with Gasteiger partial charge in [-0.2, -0.15) is 0 Å². The average Bonchev–Trinajstić information content (AvgIpc) is 3.48. The fourth-order valence-electron chi connectivity index (χ4n) is 4.73. The van der Waals surface area contributed by atoms with Gasteiger partial charge in [0.1, 0.15) is 23.5 Å². The number of nitrogens with zero attached hydrogens (tertiary/aromatic N) is 3. The number of hydrogen-bond acceptors (Lipinski definition) is 6. The first kappa shape index (κ1) is 22.2. The molecule has 0 atom stereocenters. The van der Waals surface area contributed by atoms with Gasteiger partial charge in [0.25, 0.3) is 0 Å². The zero-order valence-electron chi connectivity index (χ0n) is 18.9. The van der Waals surface area contributed by atoms with E-state index in [2.05, 4.69) is 25.5 Å². The maximum atomic E-state index is 12.8. The highest BCUT2D eigenvalue weighted by molar-refractivity contribution is 7.91. The van der Waals surface area contributed by atoms with Crippen LogP contribution in [0.5, 0.6) is 5.75 Å². The van der Waals surface area contributed by atoms with Gasteiger partial charge >= 0.3 is 0 Å². The molecule has 9 heteroatoms. The Balaban J connectivity index is 1.51. The van der Waals surface area contributed by atoms with Crippen LogP contribution in [0.4, 0.5) is 11.5 Å². The van der Waals surface area contributed by atoms with Gasteiger partial charge in [-0.3, -0.25) is 4.72 Å². The molecule has 176 valence electrons. The van der Waals surface area contributed by atoms with Crippen LogP contribution >= 0.6 is 0 Å². The number of hydrogen-bond donors (Lipinski definition) is 2. The third kappa shape index (κ3) is 4.31. The first-order valence-corrected chi connectivity index (χ1v) is 12.9. The van der Waals surface area contributed by atoms with Crippen LogP contribution < -0.4 is 15.2 Å². The monoisotopic (exact) mass is 477 g/mol. The van der Waals surface area contributed by atoms with Crippen molar-refractivity contribution in [3.05, 3.63) is 66.6 Å². The lowest BCUT2D eigenvalue weighted by Gasteiger charge is -2.13. The molecule has 0 spiro atoms. The van der Waals surface area contributed by atoms with Gasteiger partial charge in [-0.15, -0.1) is 0 Å². The summed E-state index contributed by atoms with van der Waals surface area (Å²) in [7, 11) is -2.10. The molecule has 0 radical (unpaired) electrons. The number of benzene rings is 2. The Bertz CT molecular complexity index is 1430. The molecule has 0 saturated heterocycles. The second-order valence-electron chi connectivity index (χ2n) is 8.61. The van der Waals surface area contributed by atoms with Crippen LogP contribution in [0.2, 0.25) is 0 Å². The minimum absolute atomic E-state index is 0.124. The topological polar surface area (TPSA) is 112 Å². The van der Waals surface area contributed by atoms with Crippen molar-refractivity contribution in [2.24, 2.45) is 0 Å². The summed E-state index contributed by atoms with van der Waals surface area (Å²) >= 11 is 0. The summed E-state index contributed by atoms with van der Waals surface area (Å²) in [6.45, 7) is 0. The van der Waals surface area contributed by atoms with Crippen molar-refractivity contribution in [3.63, 3.8) is 0 Å². The van der Waals surface area contributed by atoms with E-state index in [0.29, 0.717) is 28.9 Å². The third-order valence-electron chi connectivity index (χ3n) is 6.33. The van der Waals surface area contributed by atoms with E-state index in [-0.39, 0.29) is 5.75 Å². The van der Waals surface area contributed by atoms with Gasteiger partial charge in [0.05, 0.1) is 23.9 Å². The third-order valence-corrected chi connectivity index (χ3v) is 7.58. The normalized spacial score (nSPS) is 14.5. The molecule has 5 rings (SSSR count). The number of nitrogen functional groups attached to an aromatic ring is 1. The molecule has 2 aromatic heterocycles. The summed E-state index contributed by atoms with van der Waals surface area (Å²) in [6, 6.07) is 14.8. The molecule has 8 nitrogen and oxygen atoms in total. The lowest BCUT2D eigenvalue weighted by molar-refractivity contribution is 0.417. The molecule has 0 amide bonds. The van der Waals surface area contributed by atoms with Crippen LogP contribution in [0.25, 0.3) is 22.2 Å². The summed E-state index contributed by atoms with van der Waals surface area (Å²) in [4.78, 5) is 8.74. The Morgan fingerprint density at radius 2 is 1.88 bits per heavy atom.